The Labute approximate surface area is 119 Å². The minimum absolute atomic E-state index is 0.0845. The summed E-state index contributed by atoms with van der Waals surface area (Å²) in [5.74, 6) is 1.34. The minimum atomic E-state index is -0.0845. The van der Waals surface area contributed by atoms with E-state index in [4.69, 9.17) is 9.47 Å². The maximum atomic E-state index is 5.31. The molecule has 1 aromatic carbocycles. The van der Waals surface area contributed by atoms with Crippen molar-refractivity contribution in [2.75, 3.05) is 20.8 Å². The van der Waals surface area contributed by atoms with Crippen molar-refractivity contribution in [1.29, 1.82) is 0 Å². The van der Waals surface area contributed by atoms with Crippen LogP contribution in [0.4, 0.5) is 0 Å². The van der Waals surface area contributed by atoms with E-state index in [0.29, 0.717) is 5.88 Å². The first kappa shape index (κ1) is 14.3. The van der Waals surface area contributed by atoms with Crippen LogP contribution >= 0.6 is 0 Å². The lowest BCUT2D eigenvalue weighted by Crippen LogP contribution is -2.23. The van der Waals surface area contributed by atoms with Crippen molar-refractivity contribution >= 4 is 0 Å². The van der Waals surface area contributed by atoms with Crippen LogP contribution < -0.4 is 14.8 Å². The Hall–Kier alpha value is -2.14. The maximum absolute atomic E-state index is 5.31. The number of hydrogen-bond donors (Lipinski definition) is 1. The number of benzene rings is 1. The standard InChI is InChI=1S/C15H19N3O2/c1-4-16-13(11-6-5-7-12(10-11)19-2)14-15(20-3)18-9-8-17-14/h5-10,13,16H,4H2,1-3H3. The fourth-order valence-corrected chi connectivity index (χ4v) is 2.09. The van der Waals surface area contributed by atoms with Gasteiger partial charge >= 0.3 is 0 Å². The van der Waals surface area contributed by atoms with E-state index >= 15 is 0 Å². The summed E-state index contributed by atoms with van der Waals surface area (Å²) in [6.07, 6.45) is 3.29. The maximum Gasteiger partial charge on any atom is 0.237 e. The zero-order valence-electron chi connectivity index (χ0n) is 12.0. The molecule has 0 amide bonds. The summed E-state index contributed by atoms with van der Waals surface area (Å²) >= 11 is 0. The molecule has 2 aromatic rings. The highest BCUT2D eigenvalue weighted by atomic mass is 16.5. The molecular weight excluding hydrogens is 254 g/mol. The molecule has 1 heterocycles. The number of nitrogens with one attached hydrogen (secondary N) is 1. The molecule has 0 bridgehead atoms. The van der Waals surface area contributed by atoms with Gasteiger partial charge in [-0.2, -0.15) is 0 Å². The van der Waals surface area contributed by atoms with Crippen LogP contribution in [-0.4, -0.2) is 30.7 Å². The summed E-state index contributed by atoms with van der Waals surface area (Å²) in [5, 5.41) is 3.40. The normalized spacial score (nSPS) is 11.9. The molecule has 0 aliphatic carbocycles. The largest absolute Gasteiger partial charge is 0.497 e. The molecule has 0 saturated heterocycles. The van der Waals surface area contributed by atoms with E-state index in [0.717, 1.165) is 23.6 Å². The molecule has 1 aromatic heterocycles. The van der Waals surface area contributed by atoms with Gasteiger partial charge in [-0.05, 0) is 24.2 Å². The predicted octanol–water partition coefficient (Wildman–Crippen LogP) is 2.19. The molecule has 5 nitrogen and oxygen atoms in total. The molecule has 1 N–H and O–H groups in total. The van der Waals surface area contributed by atoms with Crippen LogP contribution in [0.2, 0.25) is 0 Å². The first-order chi connectivity index (χ1) is 9.80. The van der Waals surface area contributed by atoms with E-state index < -0.39 is 0 Å². The van der Waals surface area contributed by atoms with Crippen LogP contribution in [0, 0.1) is 0 Å². The van der Waals surface area contributed by atoms with Gasteiger partial charge < -0.3 is 14.8 Å². The van der Waals surface area contributed by atoms with Crippen molar-refractivity contribution < 1.29 is 9.47 Å². The van der Waals surface area contributed by atoms with Crippen LogP contribution in [-0.2, 0) is 0 Å². The Balaban J connectivity index is 2.44. The van der Waals surface area contributed by atoms with Crippen molar-refractivity contribution in [3.8, 4) is 11.6 Å². The molecule has 0 radical (unpaired) electrons. The topological polar surface area (TPSA) is 56.3 Å². The molecule has 2 rings (SSSR count). The van der Waals surface area contributed by atoms with Gasteiger partial charge in [-0.15, -0.1) is 0 Å². The first-order valence-corrected chi connectivity index (χ1v) is 6.52. The van der Waals surface area contributed by atoms with E-state index in [1.807, 2.05) is 24.3 Å². The SMILES string of the molecule is CCNC(c1cccc(OC)c1)c1nccnc1OC. The second kappa shape index (κ2) is 6.86. The van der Waals surface area contributed by atoms with Crippen LogP contribution in [0.1, 0.15) is 24.2 Å². The van der Waals surface area contributed by atoms with Gasteiger partial charge in [-0.25, -0.2) is 4.98 Å². The zero-order chi connectivity index (χ0) is 14.4. The van der Waals surface area contributed by atoms with Crippen molar-refractivity contribution in [1.82, 2.24) is 15.3 Å². The molecule has 0 spiro atoms. The molecule has 20 heavy (non-hydrogen) atoms. The molecule has 0 saturated carbocycles. The van der Waals surface area contributed by atoms with Gasteiger partial charge in [-0.3, -0.25) is 4.98 Å². The fourth-order valence-electron chi connectivity index (χ4n) is 2.09. The summed E-state index contributed by atoms with van der Waals surface area (Å²) in [7, 11) is 3.26. The summed E-state index contributed by atoms with van der Waals surface area (Å²) in [6, 6.07) is 7.81. The Morgan fingerprint density at radius 2 is 1.95 bits per heavy atom. The Bertz CT molecular complexity index is 560. The number of aromatic nitrogens is 2. The molecule has 106 valence electrons. The number of methoxy groups -OCH3 is 2. The minimum Gasteiger partial charge on any atom is -0.497 e. The van der Waals surface area contributed by atoms with Gasteiger partial charge in [0.1, 0.15) is 11.4 Å². The van der Waals surface area contributed by atoms with E-state index in [1.54, 1.807) is 26.6 Å². The first-order valence-electron chi connectivity index (χ1n) is 6.52. The van der Waals surface area contributed by atoms with Crippen LogP contribution in [0.5, 0.6) is 11.6 Å². The highest BCUT2D eigenvalue weighted by Crippen LogP contribution is 2.28. The summed E-state index contributed by atoms with van der Waals surface area (Å²) in [6.45, 7) is 2.86. The van der Waals surface area contributed by atoms with Crippen molar-refractivity contribution in [3.05, 3.63) is 47.9 Å². The van der Waals surface area contributed by atoms with Crippen LogP contribution in [0.3, 0.4) is 0 Å². The summed E-state index contributed by atoms with van der Waals surface area (Å²) < 4.78 is 10.6. The van der Waals surface area contributed by atoms with E-state index in [2.05, 4.69) is 22.2 Å². The molecule has 1 unspecified atom stereocenters. The molecule has 1 atom stereocenters. The monoisotopic (exact) mass is 273 g/mol. The third-order valence-electron chi connectivity index (χ3n) is 2.99. The van der Waals surface area contributed by atoms with Gasteiger partial charge in [0.2, 0.25) is 5.88 Å². The molecule has 0 aliphatic rings. The van der Waals surface area contributed by atoms with Crippen molar-refractivity contribution in [2.45, 2.75) is 13.0 Å². The van der Waals surface area contributed by atoms with Gasteiger partial charge in [0.25, 0.3) is 0 Å². The van der Waals surface area contributed by atoms with E-state index in [9.17, 15) is 0 Å². The Morgan fingerprint density at radius 1 is 1.15 bits per heavy atom. The van der Waals surface area contributed by atoms with Crippen molar-refractivity contribution in [2.24, 2.45) is 0 Å². The Morgan fingerprint density at radius 3 is 2.65 bits per heavy atom. The molecule has 0 aliphatic heterocycles. The lowest BCUT2D eigenvalue weighted by molar-refractivity contribution is 0.382. The zero-order valence-corrected chi connectivity index (χ0v) is 12.0. The van der Waals surface area contributed by atoms with Gasteiger partial charge in [-0.1, -0.05) is 19.1 Å². The summed E-state index contributed by atoms with van der Waals surface area (Å²) in [4.78, 5) is 8.62. The van der Waals surface area contributed by atoms with Gasteiger partial charge in [0.05, 0.1) is 20.3 Å². The highest BCUT2D eigenvalue weighted by Gasteiger charge is 2.20. The van der Waals surface area contributed by atoms with Crippen LogP contribution in [0.15, 0.2) is 36.7 Å². The van der Waals surface area contributed by atoms with Gasteiger partial charge in [0, 0.05) is 12.4 Å². The second-order valence-corrected chi connectivity index (χ2v) is 4.22. The third-order valence-corrected chi connectivity index (χ3v) is 2.99. The lowest BCUT2D eigenvalue weighted by atomic mass is 10.0. The van der Waals surface area contributed by atoms with E-state index in [1.165, 1.54) is 0 Å². The number of nitrogens with zero attached hydrogens (tertiary/aromatic N) is 2. The quantitative estimate of drug-likeness (QED) is 0.874. The number of rotatable bonds is 6. The predicted molar refractivity (Wildman–Crippen MR) is 77.1 cm³/mol. The average molecular weight is 273 g/mol. The second-order valence-electron chi connectivity index (χ2n) is 4.22. The van der Waals surface area contributed by atoms with Gasteiger partial charge in [0.15, 0.2) is 0 Å². The fraction of sp³-hybridized carbons (Fsp3) is 0.333. The van der Waals surface area contributed by atoms with Crippen molar-refractivity contribution in [3.63, 3.8) is 0 Å². The third kappa shape index (κ3) is 3.05. The molecule has 5 heteroatoms. The average Bonchev–Trinajstić information content (AvgIpc) is 2.52. The Kier molecular flexibility index (Phi) is 4.90. The smallest absolute Gasteiger partial charge is 0.237 e. The highest BCUT2D eigenvalue weighted by molar-refractivity contribution is 5.37. The lowest BCUT2D eigenvalue weighted by Gasteiger charge is -2.19. The summed E-state index contributed by atoms with van der Waals surface area (Å²) in [5.41, 5.74) is 1.83. The molecule has 0 fully saturated rings. The molecular formula is C15H19N3O2. The number of ether oxygens (including phenoxy) is 2. The number of hydrogen-bond acceptors (Lipinski definition) is 5. The van der Waals surface area contributed by atoms with Crippen LogP contribution in [0.25, 0.3) is 0 Å². The van der Waals surface area contributed by atoms with E-state index in [-0.39, 0.29) is 6.04 Å².